The Balaban J connectivity index is 1.54. The number of nitrogens with zero attached hydrogens (tertiary/aromatic N) is 4. The number of halogens is 9. The van der Waals surface area contributed by atoms with E-state index in [-0.39, 0.29) is 55.1 Å². The van der Waals surface area contributed by atoms with Crippen molar-refractivity contribution in [1.82, 2.24) is 15.0 Å². The van der Waals surface area contributed by atoms with E-state index in [1.165, 1.54) is 9.80 Å². The molecule has 19 heteroatoms. The molecule has 2 aromatic carbocycles. The molecule has 1 saturated heterocycles. The summed E-state index contributed by atoms with van der Waals surface area (Å²) in [5.74, 6) is -1.93. The van der Waals surface area contributed by atoms with Gasteiger partial charge in [0.2, 0.25) is 5.89 Å². The van der Waals surface area contributed by atoms with Crippen LogP contribution in [0.2, 0.25) is 0 Å². The number of amides is 1. The van der Waals surface area contributed by atoms with Crippen LogP contribution in [-0.2, 0) is 34.5 Å². The summed E-state index contributed by atoms with van der Waals surface area (Å²) in [6, 6.07) is -0.132. The van der Waals surface area contributed by atoms with E-state index < -0.39 is 83.4 Å². The van der Waals surface area contributed by atoms with Gasteiger partial charge in [-0.2, -0.15) is 44.5 Å². The van der Waals surface area contributed by atoms with Crippen LogP contribution >= 0.6 is 0 Å². The molecule has 0 saturated carbocycles. The first-order valence-electron chi connectivity index (χ1n) is 15.9. The van der Waals surface area contributed by atoms with Crippen LogP contribution in [-0.4, -0.2) is 57.4 Å². The molecule has 0 spiro atoms. The van der Waals surface area contributed by atoms with Crippen LogP contribution in [0.15, 0.2) is 40.9 Å². The Morgan fingerprint density at radius 1 is 0.980 bits per heavy atom. The second-order valence-electron chi connectivity index (χ2n) is 12.2. The normalized spacial score (nSPS) is 20.6. The first-order valence-corrected chi connectivity index (χ1v) is 15.9. The smallest absolute Gasteiger partial charge is 0.416 e. The number of aromatic nitrogens is 2. The Kier molecular flexibility index (Phi) is 10.5. The largest absolute Gasteiger partial charge is 0.480 e. The number of aliphatic carboxylic acids is 1. The molecule has 0 radical (unpaired) electrons. The van der Waals surface area contributed by atoms with Gasteiger partial charge in [0.05, 0.1) is 41.1 Å². The first-order chi connectivity index (χ1) is 23.8. The second kappa shape index (κ2) is 14.2. The van der Waals surface area contributed by atoms with Crippen LogP contribution in [0.5, 0.6) is 0 Å². The summed E-state index contributed by atoms with van der Waals surface area (Å²) in [5.41, 5.74) is -4.40. The van der Waals surface area contributed by atoms with Crippen molar-refractivity contribution in [3.8, 4) is 0 Å². The number of likely N-dealkylation sites (tertiary alicyclic amines) is 1. The number of anilines is 2. The van der Waals surface area contributed by atoms with Gasteiger partial charge in [0.25, 0.3) is 5.95 Å². The summed E-state index contributed by atoms with van der Waals surface area (Å²) in [5, 5.41) is 16.6. The molecular weight excluding hydrogens is 705 g/mol. The molecule has 10 nitrogen and oxygen atoms in total. The Hall–Kier alpha value is -4.55. The fourth-order valence-corrected chi connectivity index (χ4v) is 6.58. The van der Waals surface area contributed by atoms with Gasteiger partial charge in [-0.15, -0.1) is 0 Å². The standard InChI is InChI=1S/C32H32F9N5O5/c1-3-20-15-22(21-14-17(30(33,34)35)7-8-23(21)46(20)29(49)50-4-2)42-28-43-26(51-44-28)25(45-9-5-6-24(45)27(47)48)12-16-10-18(31(36,37)38)13-19(11-16)32(39,40)41/h7-8,10-11,13-14,20,22,24-25H,3-6,9,12,15H2,1-2H3,(H,42,44)(H,47,48)/t20-,22+,24+,25?/m1/s1. The Morgan fingerprint density at radius 3 is 2.20 bits per heavy atom. The third kappa shape index (κ3) is 8.18. The van der Waals surface area contributed by atoms with E-state index >= 15 is 0 Å². The predicted octanol–water partition coefficient (Wildman–Crippen LogP) is 8.26. The maximum atomic E-state index is 13.8. The number of carbonyl (C=O) groups is 2. The van der Waals surface area contributed by atoms with Crippen LogP contribution in [0.4, 0.5) is 55.9 Å². The highest BCUT2D eigenvalue weighted by Gasteiger charge is 2.43. The molecule has 1 aromatic heterocycles. The van der Waals surface area contributed by atoms with Gasteiger partial charge in [-0.1, -0.05) is 6.92 Å². The van der Waals surface area contributed by atoms with Crippen molar-refractivity contribution in [2.24, 2.45) is 0 Å². The van der Waals surface area contributed by atoms with Gasteiger partial charge in [0, 0.05) is 6.04 Å². The number of carboxylic acid groups (broad SMARTS) is 1. The summed E-state index contributed by atoms with van der Waals surface area (Å²) in [4.78, 5) is 31.9. The topological polar surface area (TPSA) is 121 Å². The fourth-order valence-electron chi connectivity index (χ4n) is 6.58. The lowest BCUT2D eigenvalue weighted by molar-refractivity contribution is -0.144. The maximum absolute atomic E-state index is 13.8. The molecule has 0 bridgehead atoms. The Morgan fingerprint density at radius 2 is 1.63 bits per heavy atom. The van der Waals surface area contributed by atoms with Gasteiger partial charge < -0.3 is 19.7 Å². The third-order valence-electron chi connectivity index (χ3n) is 8.88. The number of hydrogen-bond acceptors (Lipinski definition) is 8. The molecule has 0 aliphatic carbocycles. The van der Waals surface area contributed by atoms with Crippen LogP contribution in [0.25, 0.3) is 0 Å². The van der Waals surface area contributed by atoms with Crippen molar-refractivity contribution in [3.05, 3.63) is 70.1 Å². The maximum Gasteiger partial charge on any atom is 0.416 e. The number of benzene rings is 2. The highest BCUT2D eigenvalue weighted by molar-refractivity contribution is 5.90. The third-order valence-corrected chi connectivity index (χ3v) is 8.88. The molecule has 3 heterocycles. The molecule has 278 valence electrons. The monoisotopic (exact) mass is 737 g/mol. The van der Waals surface area contributed by atoms with Gasteiger partial charge in [0.15, 0.2) is 0 Å². The second-order valence-corrected chi connectivity index (χ2v) is 12.2. The van der Waals surface area contributed by atoms with Crippen molar-refractivity contribution < 1.29 is 63.5 Å². The molecule has 51 heavy (non-hydrogen) atoms. The molecular formula is C32H32F9N5O5. The summed E-state index contributed by atoms with van der Waals surface area (Å²) in [6.07, 6.45) is -15.5. The van der Waals surface area contributed by atoms with Crippen molar-refractivity contribution in [1.29, 1.82) is 0 Å². The van der Waals surface area contributed by atoms with Crippen LogP contribution in [0.1, 0.15) is 85.3 Å². The number of ether oxygens (including phenoxy) is 1. The van der Waals surface area contributed by atoms with Crippen molar-refractivity contribution in [3.63, 3.8) is 0 Å². The average Bonchev–Trinajstić information content (AvgIpc) is 3.72. The Labute approximate surface area is 284 Å². The molecule has 2 aliphatic rings. The number of carbonyl (C=O) groups excluding carboxylic acids is 1. The highest BCUT2D eigenvalue weighted by Crippen LogP contribution is 2.44. The lowest BCUT2D eigenvalue weighted by atomic mass is 9.89. The van der Waals surface area contributed by atoms with E-state index in [0.29, 0.717) is 25.0 Å². The van der Waals surface area contributed by atoms with E-state index in [0.717, 1.165) is 18.2 Å². The van der Waals surface area contributed by atoms with Crippen LogP contribution < -0.4 is 10.2 Å². The van der Waals surface area contributed by atoms with Crippen LogP contribution in [0.3, 0.4) is 0 Å². The van der Waals surface area contributed by atoms with Crippen molar-refractivity contribution >= 4 is 23.7 Å². The van der Waals surface area contributed by atoms with E-state index in [1.54, 1.807) is 13.8 Å². The minimum Gasteiger partial charge on any atom is -0.480 e. The fraction of sp³-hybridized carbons (Fsp3) is 0.500. The lowest BCUT2D eigenvalue weighted by Crippen LogP contribution is -2.46. The molecule has 1 fully saturated rings. The number of rotatable bonds is 9. The number of nitrogens with one attached hydrogen (secondary N) is 1. The minimum atomic E-state index is -5.13. The molecule has 3 aromatic rings. The van der Waals surface area contributed by atoms with Gasteiger partial charge in [0.1, 0.15) is 6.04 Å². The molecule has 2 N–H and O–H groups in total. The first kappa shape index (κ1) is 37.7. The molecule has 4 atom stereocenters. The van der Waals surface area contributed by atoms with Gasteiger partial charge >= 0.3 is 30.6 Å². The van der Waals surface area contributed by atoms with E-state index in [9.17, 15) is 54.2 Å². The predicted molar refractivity (Wildman–Crippen MR) is 161 cm³/mol. The molecule has 5 rings (SSSR count). The quantitative estimate of drug-likeness (QED) is 0.209. The SMILES string of the molecule is CCOC(=O)N1c2ccc(C(F)(F)F)cc2[C@@H](Nc2noc(C(Cc3cc(C(F)(F)F)cc(C(F)(F)F)c3)N3CCC[C@H]3C(=O)O)n2)C[C@H]1CC. The van der Waals surface area contributed by atoms with Gasteiger partial charge in [-0.3, -0.25) is 14.6 Å². The molecule has 2 aliphatic heterocycles. The van der Waals surface area contributed by atoms with E-state index in [1.807, 2.05) is 0 Å². The zero-order valence-corrected chi connectivity index (χ0v) is 27.0. The van der Waals surface area contributed by atoms with Crippen molar-refractivity contribution in [2.45, 2.75) is 88.6 Å². The minimum absolute atomic E-state index is 0.00792. The lowest BCUT2D eigenvalue weighted by Gasteiger charge is -2.40. The van der Waals surface area contributed by atoms with Crippen molar-refractivity contribution in [2.75, 3.05) is 23.4 Å². The molecule has 1 amide bonds. The Bertz CT molecular complexity index is 1710. The highest BCUT2D eigenvalue weighted by atomic mass is 19.4. The number of alkyl halides is 9. The summed E-state index contributed by atoms with van der Waals surface area (Å²) in [6.45, 7) is 3.42. The molecule has 1 unspecified atom stereocenters. The number of hydrogen-bond donors (Lipinski definition) is 2. The zero-order chi connectivity index (χ0) is 37.5. The summed E-state index contributed by atoms with van der Waals surface area (Å²) >= 11 is 0. The average molecular weight is 738 g/mol. The zero-order valence-electron chi connectivity index (χ0n) is 27.0. The summed E-state index contributed by atoms with van der Waals surface area (Å²) in [7, 11) is 0. The number of carboxylic acids is 1. The van der Waals surface area contributed by atoms with Crippen LogP contribution in [0, 0.1) is 0 Å². The van der Waals surface area contributed by atoms with E-state index in [2.05, 4.69) is 15.5 Å². The number of fused-ring (bicyclic) bond motifs is 1. The summed E-state index contributed by atoms with van der Waals surface area (Å²) < 4.78 is 134. The van der Waals surface area contributed by atoms with Gasteiger partial charge in [-0.25, -0.2) is 4.79 Å². The van der Waals surface area contributed by atoms with E-state index in [4.69, 9.17) is 9.26 Å². The van der Waals surface area contributed by atoms with Gasteiger partial charge in [-0.05, 0) is 98.3 Å².